The van der Waals surface area contributed by atoms with Crippen molar-refractivity contribution < 1.29 is 4.79 Å². The standard InChI is InChI=1S/C13H10N4O/c14-7-10(8-15)16-17-11-5-1-3-9-4-2-6-12(18)13(9)11/h1,3,5,17H,2,4,6H2. The van der Waals surface area contributed by atoms with E-state index in [1.807, 2.05) is 12.1 Å². The lowest BCUT2D eigenvalue weighted by molar-refractivity contribution is 0.0973. The second-order valence-electron chi connectivity index (χ2n) is 3.91. The molecular formula is C13H10N4O. The van der Waals surface area contributed by atoms with Crippen molar-refractivity contribution in [1.29, 1.82) is 10.5 Å². The summed E-state index contributed by atoms with van der Waals surface area (Å²) >= 11 is 0. The van der Waals surface area contributed by atoms with Gasteiger partial charge in [0.2, 0.25) is 5.71 Å². The minimum absolute atomic E-state index is 0.0741. The number of carbonyl (C=O) groups excluding carboxylic acids is 1. The predicted octanol–water partition coefficient (Wildman–Crippen LogP) is 2.02. The first-order valence-electron chi connectivity index (χ1n) is 5.55. The smallest absolute Gasteiger partial charge is 0.237 e. The van der Waals surface area contributed by atoms with Crippen LogP contribution in [0.15, 0.2) is 23.3 Å². The largest absolute Gasteiger partial charge is 0.294 e. The van der Waals surface area contributed by atoms with Gasteiger partial charge in [-0.1, -0.05) is 12.1 Å². The third-order valence-electron chi connectivity index (χ3n) is 2.78. The van der Waals surface area contributed by atoms with Crippen LogP contribution in [0.4, 0.5) is 5.69 Å². The first-order valence-corrected chi connectivity index (χ1v) is 5.55. The van der Waals surface area contributed by atoms with Gasteiger partial charge in [0.15, 0.2) is 5.78 Å². The zero-order chi connectivity index (χ0) is 13.0. The van der Waals surface area contributed by atoms with Crippen LogP contribution >= 0.6 is 0 Å². The number of Topliss-reactive ketones (excluding diaryl/α,β-unsaturated/α-hetero) is 1. The lowest BCUT2D eigenvalue weighted by atomic mass is 9.89. The molecule has 0 atom stereocenters. The normalized spacial score (nSPS) is 12.9. The molecule has 88 valence electrons. The predicted molar refractivity (Wildman–Crippen MR) is 66.0 cm³/mol. The average molecular weight is 238 g/mol. The minimum atomic E-state index is -0.268. The second-order valence-corrected chi connectivity index (χ2v) is 3.91. The van der Waals surface area contributed by atoms with E-state index in [0.717, 1.165) is 18.4 Å². The van der Waals surface area contributed by atoms with E-state index in [2.05, 4.69) is 10.5 Å². The molecule has 0 aromatic heterocycles. The molecule has 0 aliphatic heterocycles. The number of hydrogen-bond acceptors (Lipinski definition) is 5. The quantitative estimate of drug-likeness (QED) is 0.630. The lowest BCUT2D eigenvalue weighted by Gasteiger charge is -2.17. The maximum absolute atomic E-state index is 11.9. The molecule has 5 nitrogen and oxygen atoms in total. The first kappa shape index (κ1) is 11.8. The SMILES string of the molecule is N#CC(C#N)=NNc1cccc2c1C(=O)CCC2. The Hall–Kier alpha value is -2.66. The van der Waals surface area contributed by atoms with Crippen molar-refractivity contribution in [2.75, 3.05) is 5.43 Å². The number of benzene rings is 1. The number of ketones is 1. The molecule has 1 aromatic carbocycles. The fraction of sp³-hybridized carbons (Fsp3) is 0.231. The summed E-state index contributed by atoms with van der Waals surface area (Å²) in [6, 6.07) is 8.77. The number of nitrogens with zero attached hydrogens (tertiary/aromatic N) is 3. The third-order valence-corrected chi connectivity index (χ3v) is 2.78. The number of rotatable bonds is 2. The second kappa shape index (κ2) is 5.11. The Morgan fingerprint density at radius 3 is 2.78 bits per heavy atom. The number of hydrogen-bond donors (Lipinski definition) is 1. The van der Waals surface area contributed by atoms with Crippen molar-refractivity contribution in [1.82, 2.24) is 0 Å². The summed E-state index contributed by atoms with van der Waals surface area (Å²) in [7, 11) is 0. The van der Waals surface area contributed by atoms with E-state index in [-0.39, 0.29) is 11.5 Å². The van der Waals surface area contributed by atoms with Gasteiger partial charge in [-0.2, -0.15) is 15.6 Å². The highest BCUT2D eigenvalue weighted by Crippen LogP contribution is 2.27. The van der Waals surface area contributed by atoms with Crippen LogP contribution in [0.25, 0.3) is 0 Å². The number of hydrazone groups is 1. The lowest BCUT2D eigenvalue weighted by Crippen LogP contribution is -2.13. The molecule has 0 bridgehead atoms. The summed E-state index contributed by atoms with van der Waals surface area (Å²) in [5, 5.41) is 20.8. The van der Waals surface area contributed by atoms with Gasteiger partial charge in [0, 0.05) is 12.0 Å². The van der Waals surface area contributed by atoms with Crippen molar-refractivity contribution in [2.45, 2.75) is 19.3 Å². The Bertz CT molecular complexity index is 588. The van der Waals surface area contributed by atoms with Gasteiger partial charge in [-0.05, 0) is 24.5 Å². The van der Waals surface area contributed by atoms with E-state index in [0.29, 0.717) is 17.7 Å². The molecule has 1 aromatic rings. The van der Waals surface area contributed by atoms with E-state index < -0.39 is 0 Å². The maximum atomic E-state index is 11.9. The van der Waals surface area contributed by atoms with Crippen molar-refractivity contribution >= 4 is 17.2 Å². The Balaban J connectivity index is 2.36. The van der Waals surface area contributed by atoms with Gasteiger partial charge < -0.3 is 0 Å². The number of anilines is 1. The molecule has 0 fully saturated rings. The van der Waals surface area contributed by atoms with Crippen LogP contribution in [0.3, 0.4) is 0 Å². The van der Waals surface area contributed by atoms with Crippen LogP contribution in [0, 0.1) is 22.7 Å². The van der Waals surface area contributed by atoms with Gasteiger partial charge in [0.25, 0.3) is 0 Å². The molecule has 0 amide bonds. The molecule has 0 saturated heterocycles. The fourth-order valence-electron chi connectivity index (χ4n) is 1.99. The van der Waals surface area contributed by atoms with Crippen molar-refractivity contribution in [3.8, 4) is 12.1 Å². The summed E-state index contributed by atoms with van der Waals surface area (Å²) in [5.74, 6) is 0.0741. The summed E-state index contributed by atoms with van der Waals surface area (Å²) in [5.41, 5.74) is 4.53. The maximum Gasteiger partial charge on any atom is 0.237 e. The summed E-state index contributed by atoms with van der Waals surface area (Å²) in [4.78, 5) is 11.9. The molecular weight excluding hydrogens is 228 g/mol. The Labute approximate surface area is 104 Å². The molecule has 1 aliphatic rings. The zero-order valence-electron chi connectivity index (χ0n) is 9.60. The number of nitriles is 2. The number of aryl methyl sites for hydroxylation is 1. The van der Waals surface area contributed by atoms with Gasteiger partial charge in [-0.15, -0.1) is 0 Å². The van der Waals surface area contributed by atoms with E-state index in [1.165, 1.54) is 0 Å². The molecule has 0 heterocycles. The van der Waals surface area contributed by atoms with E-state index in [9.17, 15) is 4.79 Å². The first-order chi connectivity index (χ1) is 8.76. The molecule has 0 radical (unpaired) electrons. The molecule has 18 heavy (non-hydrogen) atoms. The Kier molecular flexibility index (Phi) is 3.36. The monoisotopic (exact) mass is 238 g/mol. The Morgan fingerprint density at radius 2 is 2.06 bits per heavy atom. The van der Waals surface area contributed by atoms with Gasteiger partial charge >= 0.3 is 0 Å². The molecule has 1 aliphatic carbocycles. The summed E-state index contributed by atoms with van der Waals surface area (Å²) in [6.45, 7) is 0. The molecule has 0 unspecified atom stereocenters. The highest BCUT2D eigenvalue weighted by atomic mass is 16.1. The van der Waals surface area contributed by atoms with Gasteiger partial charge in [-0.25, -0.2) is 0 Å². The van der Waals surface area contributed by atoms with Crippen LogP contribution < -0.4 is 5.43 Å². The van der Waals surface area contributed by atoms with Crippen LogP contribution in [-0.2, 0) is 6.42 Å². The highest BCUT2D eigenvalue weighted by molar-refractivity contribution is 6.10. The van der Waals surface area contributed by atoms with E-state index in [4.69, 9.17) is 10.5 Å². The topological polar surface area (TPSA) is 89.0 Å². The summed E-state index contributed by atoms with van der Waals surface area (Å²) < 4.78 is 0. The van der Waals surface area contributed by atoms with Crippen LogP contribution in [-0.4, -0.2) is 11.5 Å². The number of carbonyl (C=O) groups is 1. The summed E-state index contributed by atoms with van der Waals surface area (Å²) in [6.07, 6.45) is 2.25. The molecule has 2 rings (SSSR count). The van der Waals surface area contributed by atoms with Crippen LogP contribution in [0.1, 0.15) is 28.8 Å². The van der Waals surface area contributed by atoms with Crippen molar-refractivity contribution in [2.24, 2.45) is 5.10 Å². The molecule has 0 saturated carbocycles. The van der Waals surface area contributed by atoms with E-state index >= 15 is 0 Å². The highest BCUT2D eigenvalue weighted by Gasteiger charge is 2.20. The van der Waals surface area contributed by atoms with Crippen LogP contribution in [0.2, 0.25) is 0 Å². The van der Waals surface area contributed by atoms with Gasteiger partial charge in [-0.3, -0.25) is 10.2 Å². The molecule has 0 spiro atoms. The molecule has 1 N–H and O–H groups in total. The zero-order valence-corrected chi connectivity index (χ0v) is 9.60. The van der Waals surface area contributed by atoms with Gasteiger partial charge in [0.05, 0.1) is 5.69 Å². The van der Waals surface area contributed by atoms with Crippen LogP contribution in [0.5, 0.6) is 0 Å². The van der Waals surface area contributed by atoms with Crippen molar-refractivity contribution in [3.63, 3.8) is 0 Å². The average Bonchev–Trinajstić information content (AvgIpc) is 2.40. The van der Waals surface area contributed by atoms with E-state index in [1.54, 1.807) is 18.2 Å². The minimum Gasteiger partial charge on any atom is -0.294 e. The van der Waals surface area contributed by atoms with Gasteiger partial charge in [0.1, 0.15) is 12.1 Å². The number of fused-ring (bicyclic) bond motifs is 1. The third kappa shape index (κ3) is 2.21. The molecule has 5 heteroatoms. The fourth-order valence-corrected chi connectivity index (χ4v) is 1.99. The Morgan fingerprint density at radius 1 is 1.28 bits per heavy atom. The number of nitrogens with one attached hydrogen (secondary N) is 1. The van der Waals surface area contributed by atoms with Crippen molar-refractivity contribution in [3.05, 3.63) is 29.3 Å².